The number of hydrogen-bond acceptors (Lipinski definition) is 1. The van der Waals surface area contributed by atoms with Crippen LogP contribution in [0.15, 0.2) is 66.7 Å². The Morgan fingerprint density at radius 2 is 1.04 bits per heavy atom. The van der Waals surface area contributed by atoms with E-state index in [1.165, 1.54) is 22.3 Å². The molecule has 0 heterocycles. The van der Waals surface area contributed by atoms with Crippen molar-refractivity contribution in [3.63, 3.8) is 0 Å². The van der Waals surface area contributed by atoms with E-state index in [1.54, 1.807) is 0 Å². The fourth-order valence-electron chi connectivity index (χ4n) is 2.72. The molecule has 0 bridgehead atoms. The minimum atomic E-state index is 0.696. The summed E-state index contributed by atoms with van der Waals surface area (Å²) in [5, 5.41) is 0. The summed E-state index contributed by atoms with van der Waals surface area (Å²) in [6.07, 6.45) is 9.30. The molecule has 128 valence electrons. The lowest BCUT2D eigenvalue weighted by Gasteiger charge is -2.02. The smallest absolute Gasteiger partial charge is 0.150 e. The Morgan fingerprint density at radius 1 is 0.577 bits per heavy atom. The van der Waals surface area contributed by atoms with Crippen LogP contribution >= 0.6 is 0 Å². The second-order valence-electron chi connectivity index (χ2n) is 6.48. The van der Waals surface area contributed by atoms with Crippen LogP contribution in [-0.4, -0.2) is 6.29 Å². The molecular formula is C25H22O. The fraction of sp³-hybridized carbons (Fsp3) is 0.0800. The van der Waals surface area contributed by atoms with Crippen LogP contribution in [0.25, 0.3) is 24.3 Å². The molecule has 1 heteroatoms. The quantitative estimate of drug-likeness (QED) is 0.385. The van der Waals surface area contributed by atoms with Gasteiger partial charge in [0.25, 0.3) is 0 Å². The van der Waals surface area contributed by atoms with E-state index in [0.717, 1.165) is 17.4 Å². The highest BCUT2D eigenvalue weighted by Gasteiger charge is 1.95. The average Bonchev–Trinajstić information content (AvgIpc) is 2.68. The zero-order valence-corrected chi connectivity index (χ0v) is 15.1. The second kappa shape index (κ2) is 8.26. The maximum atomic E-state index is 10.7. The van der Waals surface area contributed by atoms with Crippen molar-refractivity contribution in [3.8, 4) is 0 Å². The fourth-order valence-corrected chi connectivity index (χ4v) is 2.72. The van der Waals surface area contributed by atoms with Crippen LogP contribution in [0.4, 0.5) is 0 Å². The van der Waals surface area contributed by atoms with Crippen molar-refractivity contribution in [1.29, 1.82) is 0 Å². The molecule has 0 aliphatic heterocycles. The summed E-state index contributed by atoms with van der Waals surface area (Å²) < 4.78 is 0. The summed E-state index contributed by atoms with van der Waals surface area (Å²) in [5.74, 6) is 0. The lowest BCUT2D eigenvalue weighted by atomic mass is 10.0. The van der Waals surface area contributed by atoms with Gasteiger partial charge in [0.15, 0.2) is 0 Å². The topological polar surface area (TPSA) is 17.1 Å². The monoisotopic (exact) mass is 338 g/mol. The summed E-state index contributed by atoms with van der Waals surface area (Å²) in [4.78, 5) is 10.7. The van der Waals surface area contributed by atoms with E-state index in [2.05, 4.69) is 80.6 Å². The first kappa shape index (κ1) is 17.6. The van der Waals surface area contributed by atoms with Gasteiger partial charge < -0.3 is 0 Å². The lowest BCUT2D eigenvalue weighted by Crippen LogP contribution is -1.82. The first-order valence-electron chi connectivity index (χ1n) is 8.73. The summed E-state index contributed by atoms with van der Waals surface area (Å²) in [5.41, 5.74) is 7.92. The maximum absolute atomic E-state index is 10.7. The van der Waals surface area contributed by atoms with Gasteiger partial charge in [-0.05, 0) is 41.7 Å². The molecule has 0 saturated heterocycles. The molecular weight excluding hydrogens is 316 g/mol. The van der Waals surface area contributed by atoms with Gasteiger partial charge in [-0.25, -0.2) is 0 Å². The third-order valence-electron chi connectivity index (χ3n) is 4.37. The number of rotatable bonds is 5. The van der Waals surface area contributed by atoms with Gasteiger partial charge in [-0.2, -0.15) is 0 Å². The minimum Gasteiger partial charge on any atom is -0.298 e. The van der Waals surface area contributed by atoms with Crippen molar-refractivity contribution in [2.75, 3.05) is 0 Å². The van der Waals surface area contributed by atoms with Crippen LogP contribution in [0.3, 0.4) is 0 Å². The van der Waals surface area contributed by atoms with Crippen LogP contribution in [0, 0.1) is 13.8 Å². The number of benzene rings is 3. The average molecular weight is 338 g/mol. The van der Waals surface area contributed by atoms with Crippen LogP contribution in [0.5, 0.6) is 0 Å². The van der Waals surface area contributed by atoms with Gasteiger partial charge in [0, 0.05) is 5.56 Å². The molecule has 0 aliphatic carbocycles. The predicted octanol–water partition coefficient (Wildman–Crippen LogP) is 6.46. The molecule has 3 rings (SSSR count). The molecule has 0 N–H and O–H groups in total. The Morgan fingerprint density at radius 3 is 1.54 bits per heavy atom. The zero-order valence-electron chi connectivity index (χ0n) is 15.1. The highest BCUT2D eigenvalue weighted by Crippen LogP contribution is 2.16. The Balaban J connectivity index is 1.69. The molecule has 3 aromatic carbocycles. The summed E-state index contributed by atoms with van der Waals surface area (Å²) in [7, 11) is 0. The van der Waals surface area contributed by atoms with Crippen molar-refractivity contribution in [2.24, 2.45) is 0 Å². The molecule has 1 nitrogen and oxygen atoms in total. The van der Waals surface area contributed by atoms with Gasteiger partial charge in [-0.1, -0.05) is 96.6 Å². The van der Waals surface area contributed by atoms with Gasteiger partial charge in [0.2, 0.25) is 0 Å². The van der Waals surface area contributed by atoms with E-state index in [-0.39, 0.29) is 0 Å². The Labute approximate surface area is 155 Å². The van der Waals surface area contributed by atoms with E-state index in [9.17, 15) is 4.79 Å². The summed E-state index contributed by atoms with van der Waals surface area (Å²) in [6.45, 7) is 4.25. The molecule has 0 saturated carbocycles. The van der Waals surface area contributed by atoms with Crippen molar-refractivity contribution >= 4 is 30.6 Å². The molecule has 3 aromatic rings. The van der Waals surface area contributed by atoms with Gasteiger partial charge in [-0.15, -0.1) is 0 Å². The van der Waals surface area contributed by atoms with Crippen molar-refractivity contribution in [3.05, 3.63) is 106 Å². The van der Waals surface area contributed by atoms with E-state index in [4.69, 9.17) is 0 Å². The van der Waals surface area contributed by atoms with Gasteiger partial charge in [0.05, 0.1) is 0 Å². The third-order valence-corrected chi connectivity index (χ3v) is 4.37. The van der Waals surface area contributed by atoms with E-state index >= 15 is 0 Å². The Hall–Kier alpha value is -3.19. The van der Waals surface area contributed by atoms with Crippen molar-refractivity contribution in [1.82, 2.24) is 0 Å². The SMILES string of the molecule is Cc1ccc(C)c(/C=C/c2ccc(/C=C/c3ccc(C=O)cc3)cc2)c1. The zero-order chi connectivity index (χ0) is 18.4. The third kappa shape index (κ3) is 4.67. The maximum Gasteiger partial charge on any atom is 0.150 e. The molecule has 0 fully saturated rings. The number of carbonyl (C=O) groups is 1. The van der Waals surface area contributed by atoms with Gasteiger partial charge in [0.1, 0.15) is 6.29 Å². The van der Waals surface area contributed by atoms with Crippen LogP contribution in [-0.2, 0) is 0 Å². The van der Waals surface area contributed by atoms with Crippen molar-refractivity contribution in [2.45, 2.75) is 13.8 Å². The van der Waals surface area contributed by atoms with Gasteiger partial charge >= 0.3 is 0 Å². The molecule has 0 radical (unpaired) electrons. The highest BCUT2D eigenvalue weighted by molar-refractivity contribution is 5.77. The number of aldehydes is 1. The first-order valence-corrected chi connectivity index (χ1v) is 8.73. The second-order valence-corrected chi connectivity index (χ2v) is 6.48. The minimum absolute atomic E-state index is 0.696. The van der Waals surface area contributed by atoms with Gasteiger partial charge in [-0.3, -0.25) is 4.79 Å². The molecule has 0 atom stereocenters. The summed E-state index contributed by atoms with van der Waals surface area (Å²) >= 11 is 0. The van der Waals surface area contributed by atoms with E-state index in [1.807, 2.05) is 24.3 Å². The molecule has 0 amide bonds. The number of carbonyl (C=O) groups excluding carboxylic acids is 1. The lowest BCUT2D eigenvalue weighted by molar-refractivity contribution is 0.112. The Kier molecular flexibility index (Phi) is 5.60. The first-order chi connectivity index (χ1) is 12.6. The Bertz CT molecular complexity index is 942. The number of aryl methyl sites for hydroxylation is 2. The predicted molar refractivity (Wildman–Crippen MR) is 112 cm³/mol. The number of hydrogen-bond donors (Lipinski definition) is 0. The standard InChI is InChI=1S/C25H22O/c1-19-3-4-20(2)25(17-19)16-15-23-9-7-21(8-10-23)5-6-22-11-13-24(18-26)14-12-22/h3-18H,1-2H3/b6-5+,16-15+. The van der Waals surface area contributed by atoms with E-state index < -0.39 is 0 Å². The molecule has 0 aromatic heterocycles. The molecule has 0 spiro atoms. The van der Waals surface area contributed by atoms with Crippen LogP contribution in [0.2, 0.25) is 0 Å². The van der Waals surface area contributed by atoms with Crippen molar-refractivity contribution < 1.29 is 4.79 Å². The molecule has 26 heavy (non-hydrogen) atoms. The molecule has 0 aliphatic rings. The normalized spacial score (nSPS) is 11.3. The molecule has 0 unspecified atom stereocenters. The van der Waals surface area contributed by atoms with Crippen LogP contribution in [0.1, 0.15) is 43.7 Å². The summed E-state index contributed by atoms with van der Waals surface area (Å²) in [6, 6.07) is 22.5. The van der Waals surface area contributed by atoms with Crippen LogP contribution < -0.4 is 0 Å². The van der Waals surface area contributed by atoms with E-state index in [0.29, 0.717) is 5.56 Å². The largest absolute Gasteiger partial charge is 0.298 e. The highest BCUT2D eigenvalue weighted by atomic mass is 16.1.